The van der Waals surface area contributed by atoms with Crippen molar-refractivity contribution in [2.24, 2.45) is 11.8 Å². The van der Waals surface area contributed by atoms with Gasteiger partial charge < -0.3 is 19.7 Å². The number of fused-ring (bicyclic) bond motifs is 1. The van der Waals surface area contributed by atoms with Gasteiger partial charge in [0.1, 0.15) is 13.2 Å². The molecule has 27 heavy (non-hydrogen) atoms. The van der Waals surface area contributed by atoms with E-state index in [1.54, 1.807) is 0 Å². The Morgan fingerprint density at radius 3 is 2.93 bits per heavy atom. The van der Waals surface area contributed by atoms with Crippen molar-refractivity contribution in [3.63, 3.8) is 0 Å². The maximum atomic E-state index is 13.1. The van der Waals surface area contributed by atoms with Gasteiger partial charge in [-0.15, -0.1) is 12.4 Å². The summed E-state index contributed by atoms with van der Waals surface area (Å²) in [4.78, 5) is 15.2. The predicted octanol–water partition coefficient (Wildman–Crippen LogP) is 3.57. The van der Waals surface area contributed by atoms with E-state index >= 15 is 0 Å². The van der Waals surface area contributed by atoms with Gasteiger partial charge >= 0.3 is 0 Å². The van der Waals surface area contributed by atoms with Crippen LogP contribution in [0.4, 0.5) is 0 Å². The number of amides is 1. The van der Waals surface area contributed by atoms with E-state index in [2.05, 4.69) is 23.2 Å². The van der Waals surface area contributed by atoms with E-state index in [1.165, 1.54) is 12.8 Å². The molecule has 3 aliphatic heterocycles. The van der Waals surface area contributed by atoms with Crippen molar-refractivity contribution in [1.29, 1.82) is 0 Å². The molecule has 0 bridgehead atoms. The van der Waals surface area contributed by atoms with Gasteiger partial charge in [-0.05, 0) is 56.7 Å². The van der Waals surface area contributed by atoms with Gasteiger partial charge in [-0.2, -0.15) is 0 Å². The van der Waals surface area contributed by atoms with Crippen molar-refractivity contribution in [1.82, 2.24) is 10.2 Å². The maximum absolute atomic E-state index is 13.1. The van der Waals surface area contributed by atoms with Gasteiger partial charge in [0, 0.05) is 18.5 Å². The van der Waals surface area contributed by atoms with Gasteiger partial charge in [-0.3, -0.25) is 4.79 Å². The molecular formula is C21H31ClN2O3. The van der Waals surface area contributed by atoms with Crippen molar-refractivity contribution < 1.29 is 14.3 Å². The number of carbonyl (C=O) groups excluding carboxylic acids is 1. The first-order valence-corrected chi connectivity index (χ1v) is 10.1. The fraction of sp³-hybridized carbons (Fsp3) is 0.667. The van der Waals surface area contributed by atoms with E-state index in [0.29, 0.717) is 37.4 Å². The Bertz CT molecular complexity index is 648. The Morgan fingerprint density at radius 2 is 2.11 bits per heavy atom. The fourth-order valence-electron chi connectivity index (χ4n) is 4.67. The third kappa shape index (κ3) is 4.35. The van der Waals surface area contributed by atoms with Crippen molar-refractivity contribution in [2.45, 2.75) is 45.1 Å². The number of nitrogens with zero attached hydrogens (tertiary/aromatic N) is 1. The number of para-hydroxylation sites is 1. The summed E-state index contributed by atoms with van der Waals surface area (Å²) in [5, 5.41) is 3.47. The monoisotopic (exact) mass is 394 g/mol. The van der Waals surface area contributed by atoms with E-state index in [4.69, 9.17) is 9.47 Å². The summed E-state index contributed by atoms with van der Waals surface area (Å²) < 4.78 is 11.6. The first-order valence-electron chi connectivity index (χ1n) is 10.1. The number of likely N-dealkylation sites (tertiary alicyclic amines) is 1. The molecule has 4 rings (SSSR count). The van der Waals surface area contributed by atoms with Gasteiger partial charge in [0.05, 0.1) is 6.04 Å². The van der Waals surface area contributed by atoms with Crippen LogP contribution in [0.1, 0.15) is 50.6 Å². The van der Waals surface area contributed by atoms with Crippen molar-refractivity contribution in [3.05, 3.63) is 23.8 Å². The second-order valence-corrected chi connectivity index (χ2v) is 7.90. The summed E-state index contributed by atoms with van der Waals surface area (Å²) in [5.74, 6) is 3.00. The molecule has 0 aromatic heterocycles. The first kappa shape index (κ1) is 20.3. The molecule has 3 unspecified atom stereocenters. The lowest BCUT2D eigenvalue weighted by Gasteiger charge is -2.32. The number of nitrogens with one attached hydrogen (secondary N) is 1. The highest BCUT2D eigenvalue weighted by Gasteiger charge is 2.34. The summed E-state index contributed by atoms with van der Waals surface area (Å²) in [6.45, 7) is 6.43. The zero-order valence-corrected chi connectivity index (χ0v) is 16.9. The third-order valence-corrected chi connectivity index (χ3v) is 6.17. The summed E-state index contributed by atoms with van der Waals surface area (Å²) in [6, 6.07) is 6.19. The molecule has 0 radical (unpaired) electrons. The normalized spacial score (nSPS) is 25.6. The van der Waals surface area contributed by atoms with E-state index < -0.39 is 0 Å². The molecule has 6 heteroatoms. The Morgan fingerprint density at radius 1 is 1.26 bits per heavy atom. The summed E-state index contributed by atoms with van der Waals surface area (Å²) >= 11 is 0. The smallest absolute Gasteiger partial charge is 0.223 e. The first-order chi connectivity index (χ1) is 12.7. The molecular weight excluding hydrogens is 364 g/mol. The number of rotatable bonds is 4. The van der Waals surface area contributed by atoms with Crippen LogP contribution in [0.15, 0.2) is 18.2 Å². The summed E-state index contributed by atoms with van der Waals surface area (Å²) in [5.41, 5.74) is 1.11. The van der Waals surface area contributed by atoms with Crippen LogP contribution in [0.25, 0.3) is 0 Å². The minimum Gasteiger partial charge on any atom is -0.486 e. The van der Waals surface area contributed by atoms with Gasteiger partial charge in [-0.25, -0.2) is 0 Å². The average molecular weight is 395 g/mol. The fourth-order valence-corrected chi connectivity index (χ4v) is 4.67. The van der Waals surface area contributed by atoms with Crippen LogP contribution >= 0.6 is 12.4 Å². The summed E-state index contributed by atoms with van der Waals surface area (Å²) in [7, 11) is 0. The van der Waals surface area contributed by atoms with Crippen molar-refractivity contribution in [3.8, 4) is 11.5 Å². The number of piperidine rings is 1. The molecule has 2 saturated heterocycles. The lowest BCUT2D eigenvalue weighted by molar-refractivity contribution is -0.133. The van der Waals surface area contributed by atoms with Gasteiger partial charge in [-0.1, -0.05) is 19.1 Å². The molecule has 150 valence electrons. The second-order valence-electron chi connectivity index (χ2n) is 7.90. The lowest BCUT2D eigenvalue weighted by atomic mass is 9.85. The molecule has 1 amide bonds. The minimum absolute atomic E-state index is 0. The molecule has 1 aromatic carbocycles. The molecule has 3 atom stereocenters. The Kier molecular flexibility index (Phi) is 6.88. The number of carbonyl (C=O) groups is 1. The number of hydrogen-bond acceptors (Lipinski definition) is 4. The zero-order chi connectivity index (χ0) is 17.9. The quantitative estimate of drug-likeness (QED) is 0.848. The highest BCUT2D eigenvalue weighted by Crippen LogP contribution is 2.43. The topological polar surface area (TPSA) is 50.8 Å². The summed E-state index contributed by atoms with van der Waals surface area (Å²) in [6.07, 6.45) is 5.17. The van der Waals surface area contributed by atoms with Crippen LogP contribution in [0.3, 0.4) is 0 Å². The number of ether oxygens (including phenoxy) is 2. The highest BCUT2D eigenvalue weighted by atomic mass is 35.5. The van der Waals surface area contributed by atoms with Crippen LogP contribution in [0.2, 0.25) is 0 Å². The molecule has 1 aromatic rings. The SMILES string of the molecule is CC(CC(=O)N1CCCC1c1cccc2c1OCCO2)C1CCCNC1.Cl. The average Bonchev–Trinajstić information content (AvgIpc) is 3.18. The number of halogens is 1. The van der Waals surface area contributed by atoms with Crippen molar-refractivity contribution >= 4 is 18.3 Å². The van der Waals surface area contributed by atoms with Crippen LogP contribution in [-0.2, 0) is 4.79 Å². The molecule has 3 heterocycles. The van der Waals surface area contributed by atoms with E-state index in [-0.39, 0.29) is 18.4 Å². The van der Waals surface area contributed by atoms with Crippen LogP contribution < -0.4 is 14.8 Å². The Balaban J connectivity index is 0.00000210. The molecule has 3 aliphatic rings. The molecule has 2 fully saturated rings. The van der Waals surface area contributed by atoms with E-state index in [1.807, 2.05) is 12.1 Å². The highest BCUT2D eigenvalue weighted by molar-refractivity contribution is 5.85. The standard InChI is InChI=1S/C21H30N2O3.ClH/c1-15(16-5-3-9-22-14-16)13-20(24)23-10-4-7-18(23)17-6-2-8-19-21(17)26-12-11-25-19;/h2,6,8,15-16,18,22H,3-5,7,9-14H2,1H3;1H. The van der Waals surface area contributed by atoms with Crippen LogP contribution in [0, 0.1) is 11.8 Å². The van der Waals surface area contributed by atoms with Crippen LogP contribution in [-0.4, -0.2) is 43.7 Å². The van der Waals surface area contributed by atoms with Gasteiger partial charge in [0.2, 0.25) is 5.91 Å². The van der Waals surface area contributed by atoms with E-state index in [0.717, 1.165) is 49.5 Å². The van der Waals surface area contributed by atoms with E-state index in [9.17, 15) is 4.79 Å². The molecule has 5 nitrogen and oxygen atoms in total. The molecule has 0 saturated carbocycles. The molecule has 0 aliphatic carbocycles. The Hall–Kier alpha value is -1.46. The largest absolute Gasteiger partial charge is 0.486 e. The predicted molar refractivity (Wildman–Crippen MR) is 108 cm³/mol. The third-order valence-electron chi connectivity index (χ3n) is 6.17. The van der Waals surface area contributed by atoms with Gasteiger partial charge in [0.25, 0.3) is 0 Å². The lowest BCUT2D eigenvalue weighted by Crippen LogP contribution is -2.37. The number of benzene rings is 1. The van der Waals surface area contributed by atoms with Crippen LogP contribution in [0.5, 0.6) is 11.5 Å². The second kappa shape index (κ2) is 9.16. The van der Waals surface area contributed by atoms with Gasteiger partial charge in [0.15, 0.2) is 11.5 Å². The molecule has 1 N–H and O–H groups in total. The molecule has 0 spiro atoms. The van der Waals surface area contributed by atoms with Crippen molar-refractivity contribution in [2.75, 3.05) is 32.8 Å². The minimum atomic E-state index is 0. The Labute approximate surface area is 168 Å². The maximum Gasteiger partial charge on any atom is 0.223 e. The zero-order valence-electron chi connectivity index (χ0n) is 16.1. The number of hydrogen-bond donors (Lipinski definition) is 1.